The van der Waals surface area contributed by atoms with Crippen molar-refractivity contribution in [2.45, 2.75) is 92.3 Å². The SMILES string of the molecule is CCn1c(-c2cccnc2[C@H](C)OC)c(CC(C)(C)CO)c2cc(-c3cc(CF)cc(CC(NC(=O)OC(C)(C)C)C(=O)OC)c3)ccc21. The molecule has 0 saturated carbocycles. The summed E-state index contributed by atoms with van der Waals surface area (Å²) in [6, 6.07) is 14.5. The van der Waals surface area contributed by atoms with Crippen LogP contribution >= 0.6 is 0 Å². The molecular weight excluding hydrogens is 625 g/mol. The van der Waals surface area contributed by atoms with Crippen LogP contribution in [-0.2, 0) is 45.1 Å². The summed E-state index contributed by atoms with van der Waals surface area (Å²) in [7, 11) is 2.92. The molecule has 0 aliphatic heterocycles. The highest BCUT2D eigenvalue weighted by Gasteiger charge is 2.29. The van der Waals surface area contributed by atoms with Gasteiger partial charge in [-0.15, -0.1) is 0 Å². The minimum Gasteiger partial charge on any atom is -0.467 e. The molecule has 1 unspecified atom stereocenters. The maximum atomic E-state index is 14.3. The third kappa shape index (κ3) is 8.85. The van der Waals surface area contributed by atoms with E-state index in [9.17, 15) is 19.1 Å². The van der Waals surface area contributed by atoms with E-state index in [0.717, 1.165) is 44.5 Å². The Balaban J connectivity index is 1.89. The number of pyridine rings is 1. The van der Waals surface area contributed by atoms with Crippen LogP contribution in [0.3, 0.4) is 0 Å². The molecule has 4 rings (SSSR count). The number of nitrogens with zero attached hydrogens (tertiary/aromatic N) is 2. The summed E-state index contributed by atoms with van der Waals surface area (Å²) >= 11 is 0. The highest BCUT2D eigenvalue weighted by atomic mass is 19.1. The minimum absolute atomic E-state index is 0.000102. The van der Waals surface area contributed by atoms with E-state index in [0.29, 0.717) is 24.1 Å². The molecule has 0 spiro atoms. The van der Waals surface area contributed by atoms with Crippen LogP contribution in [0.4, 0.5) is 9.18 Å². The Kier molecular flexibility index (Phi) is 11.9. The summed E-state index contributed by atoms with van der Waals surface area (Å²) < 4.78 is 32.6. The van der Waals surface area contributed by atoms with Gasteiger partial charge < -0.3 is 29.2 Å². The molecule has 0 radical (unpaired) electrons. The molecule has 2 N–H and O–H groups in total. The Bertz CT molecular complexity index is 1790. The summed E-state index contributed by atoms with van der Waals surface area (Å²) in [5.41, 5.74) is 6.46. The second-order valence-corrected chi connectivity index (χ2v) is 14.2. The molecule has 10 heteroatoms. The van der Waals surface area contributed by atoms with Gasteiger partial charge in [-0.25, -0.2) is 14.0 Å². The van der Waals surface area contributed by atoms with Crippen molar-refractivity contribution in [3.8, 4) is 22.4 Å². The van der Waals surface area contributed by atoms with Crippen molar-refractivity contribution < 1.29 is 33.3 Å². The number of ether oxygens (including phenoxy) is 3. The Hall–Kier alpha value is -4.28. The number of carbonyl (C=O) groups is 2. The predicted molar refractivity (Wildman–Crippen MR) is 190 cm³/mol. The maximum absolute atomic E-state index is 14.3. The van der Waals surface area contributed by atoms with Crippen molar-refractivity contribution in [1.82, 2.24) is 14.9 Å². The highest BCUT2D eigenvalue weighted by molar-refractivity contribution is 5.95. The van der Waals surface area contributed by atoms with Gasteiger partial charge in [0.05, 0.1) is 24.6 Å². The molecular formula is C39H50FN3O6. The van der Waals surface area contributed by atoms with Crippen molar-refractivity contribution in [2.75, 3.05) is 20.8 Å². The monoisotopic (exact) mass is 675 g/mol. The van der Waals surface area contributed by atoms with Gasteiger partial charge >= 0.3 is 12.1 Å². The number of hydrogen-bond donors (Lipinski definition) is 2. The zero-order valence-corrected chi connectivity index (χ0v) is 30.1. The molecule has 0 fully saturated rings. The number of aromatic nitrogens is 2. The molecule has 0 aliphatic rings. The molecule has 49 heavy (non-hydrogen) atoms. The number of hydrogen-bond acceptors (Lipinski definition) is 7. The number of methoxy groups -OCH3 is 2. The van der Waals surface area contributed by atoms with E-state index in [1.165, 1.54) is 7.11 Å². The molecule has 2 atom stereocenters. The quantitative estimate of drug-likeness (QED) is 0.140. The van der Waals surface area contributed by atoms with Gasteiger partial charge in [-0.05, 0) is 105 Å². The first-order chi connectivity index (χ1) is 23.1. The molecule has 4 aromatic rings. The topological polar surface area (TPSA) is 112 Å². The molecule has 9 nitrogen and oxygen atoms in total. The summed E-state index contributed by atoms with van der Waals surface area (Å²) in [6.45, 7) is 13.3. The van der Waals surface area contributed by atoms with Crippen LogP contribution in [0.25, 0.3) is 33.3 Å². The first-order valence-corrected chi connectivity index (χ1v) is 16.7. The number of alkyl carbamates (subject to hydrolysis) is 1. The van der Waals surface area contributed by atoms with Crippen molar-refractivity contribution in [1.29, 1.82) is 0 Å². The van der Waals surface area contributed by atoms with E-state index >= 15 is 0 Å². The summed E-state index contributed by atoms with van der Waals surface area (Å²) in [6.07, 6.45) is 1.44. The smallest absolute Gasteiger partial charge is 0.408 e. The van der Waals surface area contributed by atoms with Crippen LogP contribution in [0.5, 0.6) is 0 Å². The number of aliphatic hydroxyl groups is 1. The Labute approximate surface area is 288 Å². The van der Waals surface area contributed by atoms with Gasteiger partial charge in [0.2, 0.25) is 0 Å². The first-order valence-electron chi connectivity index (χ1n) is 16.7. The van der Waals surface area contributed by atoms with Crippen molar-refractivity contribution in [3.63, 3.8) is 0 Å². The molecule has 2 heterocycles. The molecule has 0 aliphatic carbocycles. The van der Waals surface area contributed by atoms with Gasteiger partial charge in [-0.1, -0.05) is 32.0 Å². The first kappa shape index (κ1) is 37.5. The zero-order chi connectivity index (χ0) is 36.1. The van der Waals surface area contributed by atoms with Gasteiger partial charge in [0.1, 0.15) is 18.3 Å². The lowest BCUT2D eigenvalue weighted by Crippen LogP contribution is -2.45. The van der Waals surface area contributed by atoms with Crippen LogP contribution < -0.4 is 5.32 Å². The standard InChI is InChI=1S/C39H50FN3O6/c1-10-43-33-14-13-27(20-30(33)31(21-39(6,7)23-44)35(43)29-12-11-15-41-34(29)24(2)47-8)28-17-25(16-26(18-28)22-40)19-32(36(45)48-9)42-37(46)49-38(3,4)5/h11-18,20,24,32,44H,10,19,21-23H2,1-9H3,(H,42,46)/t24-,32?/m0/s1. The predicted octanol–water partition coefficient (Wildman–Crippen LogP) is 7.74. The van der Waals surface area contributed by atoms with Gasteiger partial charge in [0, 0.05) is 49.3 Å². The molecule has 0 bridgehead atoms. The number of carbonyl (C=O) groups excluding carboxylic acids is 2. The Morgan fingerprint density at radius 2 is 1.73 bits per heavy atom. The third-order valence-corrected chi connectivity index (χ3v) is 8.56. The number of aliphatic hydroxyl groups excluding tert-OH is 1. The number of fused-ring (bicyclic) bond motifs is 1. The van der Waals surface area contributed by atoms with E-state index in [1.807, 2.05) is 39.0 Å². The number of halogens is 1. The average molecular weight is 676 g/mol. The number of esters is 1. The largest absolute Gasteiger partial charge is 0.467 e. The third-order valence-electron chi connectivity index (χ3n) is 8.56. The van der Waals surface area contributed by atoms with Crippen molar-refractivity contribution in [3.05, 3.63) is 77.1 Å². The van der Waals surface area contributed by atoms with Crippen LogP contribution in [0.2, 0.25) is 0 Å². The average Bonchev–Trinajstić information content (AvgIpc) is 3.37. The number of rotatable bonds is 13. The van der Waals surface area contributed by atoms with E-state index in [-0.39, 0.29) is 19.1 Å². The van der Waals surface area contributed by atoms with E-state index < -0.39 is 35.8 Å². The lowest BCUT2D eigenvalue weighted by atomic mass is 9.84. The van der Waals surface area contributed by atoms with Crippen LogP contribution in [0, 0.1) is 5.41 Å². The molecule has 0 saturated heterocycles. The van der Waals surface area contributed by atoms with Crippen molar-refractivity contribution in [2.24, 2.45) is 5.41 Å². The second kappa shape index (κ2) is 15.5. The number of amides is 1. The lowest BCUT2D eigenvalue weighted by Gasteiger charge is -2.23. The number of aryl methyl sites for hydroxylation is 1. The molecule has 2 aromatic heterocycles. The highest BCUT2D eigenvalue weighted by Crippen LogP contribution is 2.41. The van der Waals surface area contributed by atoms with Gasteiger partial charge in [-0.2, -0.15) is 0 Å². The number of nitrogens with one attached hydrogen (secondary N) is 1. The molecule has 1 amide bonds. The van der Waals surface area contributed by atoms with Gasteiger partial charge in [-0.3, -0.25) is 4.98 Å². The maximum Gasteiger partial charge on any atom is 0.408 e. The molecule has 264 valence electrons. The van der Waals surface area contributed by atoms with Crippen molar-refractivity contribution >= 4 is 23.0 Å². The number of benzene rings is 2. The van der Waals surface area contributed by atoms with Crippen LogP contribution in [0.15, 0.2) is 54.7 Å². The normalized spacial score (nSPS) is 13.3. The fourth-order valence-corrected chi connectivity index (χ4v) is 6.15. The minimum atomic E-state index is -1.04. The fourth-order valence-electron chi connectivity index (χ4n) is 6.15. The van der Waals surface area contributed by atoms with E-state index in [1.54, 1.807) is 46.2 Å². The second-order valence-electron chi connectivity index (χ2n) is 14.2. The van der Waals surface area contributed by atoms with E-state index in [2.05, 4.69) is 35.0 Å². The van der Waals surface area contributed by atoms with Gasteiger partial charge in [0.25, 0.3) is 0 Å². The number of alkyl halides is 1. The summed E-state index contributed by atoms with van der Waals surface area (Å²) in [5, 5.41) is 14.0. The zero-order valence-electron chi connectivity index (χ0n) is 30.1. The van der Waals surface area contributed by atoms with Crippen LogP contribution in [0.1, 0.15) is 77.0 Å². The Morgan fingerprint density at radius 1 is 1.02 bits per heavy atom. The molecule has 2 aromatic carbocycles. The van der Waals surface area contributed by atoms with E-state index in [4.69, 9.17) is 19.2 Å². The van der Waals surface area contributed by atoms with Gasteiger partial charge in [0.15, 0.2) is 0 Å². The Morgan fingerprint density at radius 3 is 2.35 bits per heavy atom. The summed E-state index contributed by atoms with van der Waals surface area (Å²) in [4.78, 5) is 30.0. The van der Waals surface area contributed by atoms with Crippen LogP contribution in [-0.4, -0.2) is 59.2 Å². The lowest BCUT2D eigenvalue weighted by molar-refractivity contribution is -0.143. The fraction of sp³-hybridized carbons (Fsp3) is 0.462. The summed E-state index contributed by atoms with van der Waals surface area (Å²) in [5.74, 6) is -0.637.